The van der Waals surface area contributed by atoms with Gasteiger partial charge < -0.3 is 5.32 Å². The van der Waals surface area contributed by atoms with Crippen LogP contribution in [0.15, 0.2) is 18.2 Å². The van der Waals surface area contributed by atoms with E-state index in [1.807, 2.05) is 0 Å². The maximum Gasteiger partial charge on any atom is 0.238 e. The van der Waals surface area contributed by atoms with E-state index in [4.69, 9.17) is 23.2 Å². The number of halogens is 2. The summed E-state index contributed by atoms with van der Waals surface area (Å²) in [6, 6.07) is 4.77. The van der Waals surface area contributed by atoms with Crippen LogP contribution in [0.25, 0.3) is 0 Å². The standard InChI is InChI=1S/C17H23Cl2NO3S/c1-11-3-6-14(7-4-11)20-17(21)12(2)24(22,23)10-13-5-8-15(18)16(19)9-13/h5,8-9,11-12,14H,3-4,6-7,10H2,1-2H3,(H,20,21). The molecule has 1 amide bonds. The second-order valence-electron chi connectivity index (χ2n) is 6.66. The van der Waals surface area contributed by atoms with Crippen LogP contribution in [0.4, 0.5) is 0 Å². The van der Waals surface area contributed by atoms with Gasteiger partial charge in [-0.15, -0.1) is 0 Å². The molecule has 4 nitrogen and oxygen atoms in total. The number of hydrogen-bond donors (Lipinski definition) is 1. The van der Waals surface area contributed by atoms with Crippen LogP contribution in [0.1, 0.15) is 45.1 Å². The highest BCUT2D eigenvalue weighted by atomic mass is 35.5. The molecule has 2 rings (SSSR count). The molecule has 1 unspecified atom stereocenters. The van der Waals surface area contributed by atoms with Crippen LogP contribution >= 0.6 is 23.2 Å². The van der Waals surface area contributed by atoms with Gasteiger partial charge in [0.25, 0.3) is 0 Å². The number of carbonyl (C=O) groups is 1. The van der Waals surface area contributed by atoms with Gasteiger partial charge in [-0.25, -0.2) is 8.42 Å². The third-order valence-corrected chi connectivity index (χ3v) is 7.39. The maximum atomic E-state index is 12.5. The molecule has 1 aliphatic carbocycles. The van der Waals surface area contributed by atoms with E-state index in [0.29, 0.717) is 21.5 Å². The Morgan fingerprint density at radius 2 is 1.83 bits per heavy atom. The lowest BCUT2D eigenvalue weighted by Crippen LogP contribution is -2.44. The Bertz CT molecular complexity index is 698. The summed E-state index contributed by atoms with van der Waals surface area (Å²) in [6.07, 6.45) is 3.95. The highest BCUT2D eigenvalue weighted by molar-refractivity contribution is 7.92. The average molecular weight is 392 g/mol. The number of amides is 1. The Morgan fingerprint density at radius 1 is 1.21 bits per heavy atom. The Hall–Kier alpha value is -0.780. The summed E-state index contributed by atoms with van der Waals surface area (Å²) in [5, 5.41) is 2.47. The van der Waals surface area contributed by atoms with Gasteiger partial charge in [-0.2, -0.15) is 0 Å². The molecule has 0 saturated heterocycles. The smallest absolute Gasteiger partial charge is 0.238 e. The molecule has 1 fully saturated rings. The second kappa shape index (κ2) is 8.07. The fraction of sp³-hybridized carbons (Fsp3) is 0.588. The van der Waals surface area contributed by atoms with Crippen LogP contribution in [0.3, 0.4) is 0 Å². The first-order valence-electron chi connectivity index (χ1n) is 8.15. The molecule has 0 bridgehead atoms. The molecule has 1 atom stereocenters. The third kappa shape index (κ3) is 5.11. The zero-order chi connectivity index (χ0) is 17.9. The molecule has 1 aromatic carbocycles. The maximum absolute atomic E-state index is 12.5. The first-order chi connectivity index (χ1) is 11.2. The van der Waals surface area contributed by atoms with Gasteiger partial charge >= 0.3 is 0 Å². The van der Waals surface area contributed by atoms with Gasteiger partial charge in [-0.1, -0.05) is 36.2 Å². The van der Waals surface area contributed by atoms with Gasteiger partial charge in [-0.05, 0) is 56.2 Å². The lowest BCUT2D eigenvalue weighted by atomic mass is 9.87. The van der Waals surface area contributed by atoms with Crippen molar-refractivity contribution in [2.75, 3.05) is 0 Å². The number of nitrogens with one attached hydrogen (secondary N) is 1. The molecule has 1 aliphatic rings. The number of sulfone groups is 1. The molecule has 1 N–H and O–H groups in total. The Labute approximate surface area is 153 Å². The van der Waals surface area contributed by atoms with Crippen LogP contribution in [0.2, 0.25) is 10.0 Å². The molecule has 0 aromatic heterocycles. The van der Waals surface area contributed by atoms with E-state index >= 15 is 0 Å². The first-order valence-corrected chi connectivity index (χ1v) is 10.6. The molecular formula is C17H23Cl2NO3S. The van der Waals surface area contributed by atoms with E-state index in [1.54, 1.807) is 12.1 Å². The number of carbonyl (C=O) groups excluding carboxylic acids is 1. The Kier molecular flexibility index (Phi) is 6.57. The van der Waals surface area contributed by atoms with E-state index in [2.05, 4.69) is 12.2 Å². The van der Waals surface area contributed by atoms with E-state index in [0.717, 1.165) is 25.7 Å². The molecule has 0 spiro atoms. The van der Waals surface area contributed by atoms with Crippen LogP contribution in [0, 0.1) is 5.92 Å². The van der Waals surface area contributed by atoms with Crippen LogP contribution in [0.5, 0.6) is 0 Å². The van der Waals surface area contributed by atoms with Crippen molar-refractivity contribution in [3.63, 3.8) is 0 Å². The summed E-state index contributed by atoms with van der Waals surface area (Å²) in [5.74, 6) is 0.0174. The van der Waals surface area contributed by atoms with Gasteiger partial charge in [-0.3, -0.25) is 4.79 Å². The van der Waals surface area contributed by atoms with Crippen molar-refractivity contribution in [1.82, 2.24) is 5.32 Å². The van der Waals surface area contributed by atoms with E-state index in [9.17, 15) is 13.2 Å². The minimum absolute atomic E-state index is 0.0799. The summed E-state index contributed by atoms with van der Waals surface area (Å²) in [4.78, 5) is 12.3. The van der Waals surface area contributed by atoms with Gasteiger partial charge in [0.15, 0.2) is 9.84 Å². The second-order valence-corrected chi connectivity index (χ2v) is 9.80. The van der Waals surface area contributed by atoms with Gasteiger partial charge in [0.1, 0.15) is 5.25 Å². The third-order valence-electron chi connectivity index (χ3n) is 4.62. The molecule has 134 valence electrons. The van der Waals surface area contributed by atoms with Crippen molar-refractivity contribution in [3.8, 4) is 0 Å². The highest BCUT2D eigenvalue weighted by Crippen LogP contribution is 2.25. The molecule has 0 aliphatic heterocycles. The summed E-state index contributed by atoms with van der Waals surface area (Å²) in [7, 11) is -3.62. The summed E-state index contributed by atoms with van der Waals surface area (Å²) >= 11 is 11.8. The van der Waals surface area contributed by atoms with Gasteiger partial charge in [0.05, 0.1) is 15.8 Å². The minimum Gasteiger partial charge on any atom is -0.352 e. The lowest BCUT2D eigenvalue weighted by Gasteiger charge is -2.27. The molecule has 1 saturated carbocycles. The van der Waals surface area contributed by atoms with E-state index in [-0.39, 0.29) is 11.8 Å². The number of benzene rings is 1. The van der Waals surface area contributed by atoms with E-state index < -0.39 is 21.0 Å². The molecule has 24 heavy (non-hydrogen) atoms. The SMILES string of the molecule is CC1CCC(NC(=O)C(C)S(=O)(=O)Cc2ccc(Cl)c(Cl)c2)CC1. The largest absolute Gasteiger partial charge is 0.352 e. The summed E-state index contributed by atoms with van der Waals surface area (Å²) in [5.41, 5.74) is 0.524. The topological polar surface area (TPSA) is 63.2 Å². The van der Waals surface area contributed by atoms with Crippen molar-refractivity contribution in [1.29, 1.82) is 0 Å². The molecular weight excluding hydrogens is 369 g/mol. The fourth-order valence-corrected chi connectivity index (χ4v) is 4.48. The average Bonchev–Trinajstić information content (AvgIpc) is 2.52. The van der Waals surface area contributed by atoms with Crippen molar-refractivity contribution in [2.45, 2.75) is 56.6 Å². The number of hydrogen-bond acceptors (Lipinski definition) is 3. The molecule has 0 heterocycles. The quantitative estimate of drug-likeness (QED) is 0.824. The lowest BCUT2D eigenvalue weighted by molar-refractivity contribution is -0.121. The molecule has 0 radical (unpaired) electrons. The van der Waals surface area contributed by atoms with Crippen molar-refractivity contribution < 1.29 is 13.2 Å². The summed E-state index contributed by atoms with van der Waals surface area (Å²) < 4.78 is 25.0. The molecule has 1 aromatic rings. The minimum atomic E-state index is -3.62. The van der Waals surface area contributed by atoms with Gasteiger partial charge in [0.2, 0.25) is 5.91 Å². The van der Waals surface area contributed by atoms with Crippen LogP contribution < -0.4 is 5.32 Å². The number of rotatable bonds is 5. The van der Waals surface area contributed by atoms with Crippen LogP contribution in [-0.4, -0.2) is 25.6 Å². The predicted molar refractivity (Wildman–Crippen MR) is 98.1 cm³/mol. The fourth-order valence-electron chi connectivity index (χ4n) is 2.87. The highest BCUT2D eigenvalue weighted by Gasteiger charge is 2.30. The van der Waals surface area contributed by atoms with Crippen molar-refractivity contribution in [3.05, 3.63) is 33.8 Å². The first kappa shape index (κ1) is 19.5. The predicted octanol–water partition coefficient (Wildman–Crippen LogP) is 3.99. The monoisotopic (exact) mass is 391 g/mol. The Morgan fingerprint density at radius 3 is 2.42 bits per heavy atom. The normalized spacial score (nSPS) is 22.8. The van der Waals surface area contributed by atoms with E-state index in [1.165, 1.54) is 13.0 Å². The summed E-state index contributed by atoms with van der Waals surface area (Å²) in [6.45, 7) is 3.63. The van der Waals surface area contributed by atoms with Crippen molar-refractivity contribution >= 4 is 38.9 Å². The van der Waals surface area contributed by atoms with Crippen LogP contribution in [-0.2, 0) is 20.4 Å². The Balaban J connectivity index is 1.99. The van der Waals surface area contributed by atoms with Gasteiger partial charge in [0, 0.05) is 6.04 Å². The zero-order valence-corrected chi connectivity index (χ0v) is 16.2. The zero-order valence-electron chi connectivity index (χ0n) is 13.9. The molecule has 7 heteroatoms. The van der Waals surface area contributed by atoms with Crippen molar-refractivity contribution in [2.24, 2.45) is 5.92 Å².